The molecule has 2 saturated carbocycles. The molecule has 1 N–H and O–H groups in total. The van der Waals surface area contributed by atoms with E-state index in [1.165, 1.54) is 25.7 Å². The molecule has 3 nitrogen and oxygen atoms in total. The fourth-order valence-electron chi connectivity index (χ4n) is 2.74. The lowest BCUT2D eigenvalue weighted by atomic mass is 9.91. The summed E-state index contributed by atoms with van der Waals surface area (Å²) in [7, 11) is 0. The molecule has 1 aromatic rings. The van der Waals surface area contributed by atoms with Gasteiger partial charge in [0.15, 0.2) is 0 Å². The molecule has 1 aromatic carbocycles. The number of nitrogens with zero attached hydrogens (tertiary/aromatic N) is 1. The molecule has 2 fully saturated rings. The summed E-state index contributed by atoms with van der Waals surface area (Å²) >= 11 is 0. The van der Waals surface area contributed by atoms with Crippen LogP contribution in [0.1, 0.15) is 49.7 Å². The van der Waals surface area contributed by atoms with Gasteiger partial charge in [-0.1, -0.05) is 6.92 Å². The molecule has 2 aliphatic carbocycles. The largest absolute Gasteiger partial charge is 0.507 e. The number of benzene rings is 1. The molecule has 3 rings (SSSR count). The Morgan fingerprint density at radius 1 is 1.33 bits per heavy atom. The van der Waals surface area contributed by atoms with Gasteiger partial charge in [0.1, 0.15) is 11.4 Å². The Bertz CT molecular complexity index is 476. The summed E-state index contributed by atoms with van der Waals surface area (Å²) in [5.41, 5.74) is 2.30. The highest BCUT2D eigenvalue weighted by atomic mass is 16.3. The Morgan fingerprint density at radius 3 is 2.61 bits per heavy atom. The van der Waals surface area contributed by atoms with Gasteiger partial charge in [0.2, 0.25) is 0 Å². The first-order chi connectivity index (χ1) is 8.69. The molecule has 1 atom stereocenters. The minimum absolute atomic E-state index is 0.338. The van der Waals surface area contributed by atoms with Crippen LogP contribution in [0.15, 0.2) is 17.3 Å². The van der Waals surface area contributed by atoms with Crippen molar-refractivity contribution in [2.75, 3.05) is 0 Å². The van der Waals surface area contributed by atoms with Crippen molar-refractivity contribution in [1.29, 1.82) is 0 Å². The quantitative estimate of drug-likeness (QED) is 0.788. The Morgan fingerprint density at radius 2 is 2.06 bits per heavy atom. The van der Waals surface area contributed by atoms with Crippen LogP contribution < -0.4 is 0 Å². The second-order valence-electron chi connectivity index (χ2n) is 5.91. The predicted molar refractivity (Wildman–Crippen MR) is 71.1 cm³/mol. The van der Waals surface area contributed by atoms with E-state index in [2.05, 4.69) is 12.1 Å². The van der Waals surface area contributed by atoms with Crippen molar-refractivity contribution in [3.05, 3.63) is 28.2 Å². The first-order valence-electron chi connectivity index (χ1n) is 6.88. The molecule has 2 aliphatic rings. The van der Waals surface area contributed by atoms with E-state index < -0.39 is 0 Å². The monoisotopic (exact) mass is 245 g/mol. The van der Waals surface area contributed by atoms with Gasteiger partial charge in [0.05, 0.1) is 0 Å². The minimum Gasteiger partial charge on any atom is -0.507 e. The summed E-state index contributed by atoms with van der Waals surface area (Å²) in [6, 6.07) is 3.52. The van der Waals surface area contributed by atoms with Gasteiger partial charge in [0.25, 0.3) is 0 Å². The Labute approximate surface area is 107 Å². The van der Waals surface area contributed by atoms with E-state index in [9.17, 15) is 10.0 Å². The number of rotatable bonds is 5. The standard InChI is InChI=1S/C15H19NO2/c1-9(11-4-5-11)14-8-13(16-18)7-12(15(14)17)6-10-2-3-10/h7-11,17H,2-6H2,1H3. The molecular weight excluding hydrogens is 226 g/mol. The number of aromatic hydroxyl groups is 1. The van der Waals surface area contributed by atoms with Gasteiger partial charge >= 0.3 is 0 Å². The van der Waals surface area contributed by atoms with Gasteiger partial charge in [0, 0.05) is 0 Å². The number of phenolic OH excluding ortho intramolecular Hbond substituents is 1. The predicted octanol–water partition coefficient (Wildman–Crippen LogP) is 4.26. The highest BCUT2D eigenvalue weighted by molar-refractivity contribution is 5.54. The van der Waals surface area contributed by atoms with Crippen LogP contribution in [0.3, 0.4) is 0 Å². The van der Waals surface area contributed by atoms with E-state index in [4.69, 9.17) is 0 Å². The molecule has 96 valence electrons. The topological polar surface area (TPSA) is 49.7 Å². The Balaban J connectivity index is 1.96. The second kappa shape index (κ2) is 4.38. The van der Waals surface area contributed by atoms with Crippen molar-refractivity contribution < 1.29 is 5.11 Å². The van der Waals surface area contributed by atoms with Crippen molar-refractivity contribution in [3.8, 4) is 5.75 Å². The van der Waals surface area contributed by atoms with Crippen molar-refractivity contribution in [1.82, 2.24) is 0 Å². The zero-order valence-electron chi connectivity index (χ0n) is 10.7. The molecule has 18 heavy (non-hydrogen) atoms. The van der Waals surface area contributed by atoms with Crippen LogP contribution in [0, 0.1) is 16.7 Å². The van der Waals surface area contributed by atoms with Crippen LogP contribution in [0.2, 0.25) is 0 Å². The van der Waals surface area contributed by atoms with E-state index in [0.717, 1.165) is 17.5 Å². The average Bonchev–Trinajstić information content (AvgIpc) is 3.24. The summed E-state index contributed by atoms with van der Waals surface area (Å²) in [5.74, 6) is 2.12. The smallest absolute Gasteiger partial charge is 0.122 e. The summed E-state index contributed by atoms with van der Waals surface area (Å²) in [4.78, 5) is 10.8. The van der Waals surface area contributed by atoms with Gasteiger partial charge in [-0.25, -0.2) is 0 Å². The lowest BCUT2D eigenvalue weighted by Crippen LogP contribution is -1.99. The molecule has 0 saturated heterocycles. The van der Waals surface area contributed by atoms with Gasteiger partial charge in [-0.3, -0.25) is 0 Å². The molecule has 0 amide bonds. The summed E-state index contributed by atoms with van der Waals surface area (Å²) in [6.45, 7) is 2.14. The minimum atomic E-state index is 0.338. The molecule has 0 bridgehead atoms. The third-order valence-corrected chi connectivity index (χ3v) is 4.33. The van der Waals surface area contributed by atoms with Crippen LogP contribution in [0.4, 0.5) is 5.69 Å². The molecule has 0 radical (unpaired) electrons. The highest BCUT2D eigenvalue weighted by Crippen LogP contribution is 2.47. The number of nitroso groups, excluding NO2 is 1. The number of hydrogen-bond donors (Lipinski definition) is 1. The van der Waals surface area contributed by atoms with Crippen LogP contribution >= 0.6 is 0 Å². The zero-order valence-corrected chi connectivity index (χ0v) is 10.7. The molecule has 3 heteroatoms. The lowest BCUT2D eigenvalue weighted by Gasteiger charge is -2.16. The van der Waals surface area contributed by atoms with E-state index >= 15 is 0 Å². The summed E-state index contributed by atoms with van der Waals surface area (Å²) in [6.07, 6.45) is 5.84. The SMILES string of the molecule is CC(c1cc(N=O)cc(CC2CC2)c1O)C1CC1. The normalized spacial score (nSPS) is 20.7. The second-order valence-corrected chi connectivity index (χ2v) is 5.91. The molecule has 0 aliphatic heterocycles. The maximum absolute atomic E-state index is 10.8. The molecule has 0 heterocycles. The van der Waals surface area contributed by atoms with Crippen LogP contribution in [0.5, 0.6) is 5.75 Å². The maximum atomic E-state index is 10.8. The molecule has 1 unspecified atom stereocenters. The van der Waals surface area contributed by atoms with Gasteiger partial charge < -0.3 is 5.11 Å². The van der Waals surface area contributed by atoms with Crippen LogP contribution in [0.25, 0.3) is 0 Å². The molecule has 0 spiro atoms. The van der Waals surface area contributed by atoms with E-state index in [1.807, 2.05) is 0 Å². The van der Waals surface area contributed by atoms with E-state index in [-0.39, 0.29) is 0 Å². The Kier molecular flexibility index (Phi) is 2.84. The van der Waals surface area contributed by atoms with Crippen LogP contribution in [-0.4, -0.2) is 5.11 Å². The molecule has 0 aromatic heterocycles. The first-order valence-corrected chi connectivity index (χ1v) is 6.88. The van der Waals surface area contributed by atoms with Crippen molar-refractivity contribution in [3.63, 3.8) is 0 Å². The van der Waals surface area contributed by atoms with E-state index in [1.54, 1.807) is 12.1 Å². The number of hydrogen-bond acceptors (Lipinski definition) is 3. The van der Waals surface area contributed by atoms with Gasteiger partial charge in [-0.15, -0.1) is 4.91 Å². The van der Waals surface area contributed by atoms with Crippen molar-refractivity contribution in [2.24, 2.45) is 17.0 Å². The summed E-state index contributed by atoms with van der Waals surface area (Å²) in [5, 5.41) is 13.5. The highest BCUT2D eigenvalue weighted by Gasteiger charge is 2.32. The zero-order chi connectivity index (χ0) is 12.7. The molecular formula is C15H19NO2. The third kappa shape index (κ3) is 2.26. The first kappa shape index (κ1) is 11.7. The fourth-order valence-corrected chi connectivity index (χ4v) is 2.74. The third-order valence-electron chi connectivity index (χ3n) is 4.33. The van der Waals surface area contributed by atoms with Crippen molar-refractivity contribution in [2.45, 2.75) is 44.9 Å². The lowest BCUT2D eigenvalue weighted by molar-refractivity contribution is 0.450. The van der Waals surface area contributed by atoms with Gasteiger partial charge in [-0.2, -0.15) is 0 Å². The van der Waals surface area contributed by atoms with Crippen molar-refractivity contribution >= 4 is 5.69 Å². The number of phenols is 1. The van der Waals surface area contributed by atoms with E-state index in [0.29, 0.717) is 29.2 Å². The summed E-state index contributed by atoms with van der Waals surface area (Å²) < 4.78 is 0. The average molecular weight is 245 g/mol. The maximum Gasteiger partial charge on any atom is 0.122 e. The fraction of sp³-hybridized carbons (Fsp3) is 0.600. The van der Waals surface area contributed by atoms with Crippen LogP contribution in [-0.2, 0) is 6.42 Å². The van der Waals surface area contributed by atoms with Gasteiger partial charge in [-0.05, 0) is 78.3 Å². The Hall–Kier alpha value is -1.38.